The van der Waals surface area contributed by atoms with Gasteiger partial charge in [0.15, 0.2) is 0 Å². The second kappa shape index (κ2) is 4.73. The fourth-order valence-electron chi connectivity index (χ4n) is 1.01. The highest BCUT2D eigenvalue weighted by Gasteiger charge is 2.24. The Bertz CT molecular complexity index is 176. The van der Waals surface area contributed by atoms with E-state index < -0.39 is 0 Å². The molecule has 1 nitrogen and oxygen atoms in total. The Morgan fingerprint density at radius 1 is 1.73 bits per heavy atom. The van der Waals surface area contributed by atoms with Gasteiger partial charge in [0.1, 0.15) is 6.29 Å². The van der Waals surface area contributed by atoms with Crippen LogP contribution in [0.2, 0.25) is 0 Å². The Labute approximate surface area is 68.5 Å². The van der Waals surface area contributed by atoms with Gasteiger partial charge in [-0.2, -0.15) is 0 Å². The fraction of sp³-hybridized carbons (Fsp3) is 0.500. The summed E-state index contributed by atoms with van der Waals surface area (Å²) in [6.45, 7) is 5.56. The first-order chi connectivity index (χ1) is 5.24. The van der Waals surface area contributed by atoms with Gasteiger partial charge in [-0.25, -0.2) is 0 Å². The third kappa shape index (κ3) is 2.59. The van der Waals surface area contributed by atoms with Crippen LogP contribution >= 0.6 is 0 Å². The fourth-order valence-corrected chi connectivity index (χ4v) is 1.01. The maximum absolute atomic E-state index is 10.7. The van der Waals surface area contributed by atoms with Crippen molar-refractivity contribution in [1.82, 2.24) is 0 Å². The summed E-state index contributed by atoms with van der Waals surface area (Å²) >= 11 is 0. The molecule has 60 valence electrons. The van der Waals surface area contributed by atoms with E-state index in [4.69, 9.17) is 6.42 Å². The lowest BCUT2D eigenvalue weighted by molar-refractivity contribution is -0.116. The van der Waals surface area contributed by atoms with Crippen LogP contribution in [0.5, 0.6) is 0 Å². The molecule has 0 saturated heterocycles. The Hall–Kier alpha value is -1.03. The maximum Gasteiger partial charge on any atom is 0.127 e. The molecule has 0 aliphatic heterocycles. The van der Waals surface area contributed by atoms with Gasteiger partial charge in [-0.1, -0.05) is 13.0 Å². The molecular formula is C10H14O. The summed E-state index contributed by atoms with van der Waals surface area (Å²) in [5.74, 6) is 2.52. The first-order valence-electron chi connectivity index (χ1n) is 3.75. The number of terminal acetylenes is 1. The zero-order chi connectivity index (χ0) is 8.74. The smallest absolute Gasteiger partial charge is 0.127 e. The molecule has 0 amide bonds. The molecule has 0 heterocycles. The number of carbonyl (C=O) groups excluding carboxylic acids is 1. The van der Waals surface area contributed by atoms with Crippen molar-refractivity contribution in [3.63, 3.8) is 0 Å². The lowest BCUT2D eigenvalue weighted by atomic mass is 9.80. The third-order valence-corrected chi connectivity index (χ3v) is 1.96. The number of carbonyl (C=O) groups is 1. The summed E-state index contributed by atoms with van der Waals surface area (Å²) in [5, 5.41) is 0. The lowest BCUT2D eigenvalue weighted by Crippen LogP contribution is -2.19. The van der Waals surface area contributed by atoms with Crippen LogP contribution in [0, 0.1) is 17.8 Å². The van der Waals surface area contributed by atoms with E-state index in [0.29, 0.717) is 12.8 Å². The summed E-state index contributed by atoms with van der Waals surface area (Å²) in [7, 11) is 0. The highest BCUT2D eigenvalue weighted by atomic mass is 16.1. The molecule has 1 heteroatoms. The normalized spacial score (nSPS) is 14.5. The monoisotopic (exact) mass is 150 g/mol. The van der Waals surface area contributed by atoms with Crippen molar-refractivity contribution in [2.24, 2.45) is 5.41 Å². The molecule has 0 aliphatic carbocycles. The molecule has 0 aromatic carbocycles. The van der Waals surface area contributed by atoms with Gasteiger partial charge in [0, 0.05) is 11.8 Å². The van der Waals surface area contributed by atoms with Crippen LogP contribution < -0.4 is 0 Å². The second-order valence-corrected chi connectivity index (χ2v) is 2.71. The highest BCUT2D eigenvalue weighted by Crippen LogP contribution is 2.27. The molecule has 0 saturated carbocycles. The van der Waals surface area contributed by atoms with Crippen molar-refractivity contribution in [2.75, 3.05) is 0 Å². The predicted octanol–water partition coefficient (Wildman–Crippen LogP) is 2.18. The predicted molar refractivity (Wildman–Crippen MR) is 47.1 cm³/mol. The van der Waals surface area contributed by atoms with E-state index >= 15 is 0 Å². The quantitative estimate of drug-likeness (QED) is 0.333. The zero-order valence-corrected chi connectivity index (χ0v) is 6.97. The molecule has 0 radical (unpaired) electrons. The standard InChI is InChI=1S/C10H14O/c1-4-7-10(6-3,9-11)8-5-2/h1,5,9H,2,6-8H2,3H3. The molecule has 0 bridgehead atoms. The molecular weight excluding hydrogens is 136 g/mol. The van der Waals surface area contributed by atoms with E-state index in [9.17, 15) is 4.79 Å². The summed E-state index contributed by atoms with van der Waals surface area (Å²) in [6.07, 6.45) is 9.83. The van der Waals surface area contributed by atoms with Crippen molar-refractivity contribution < 1.29 is 4.79 Å². The van der Waals surface area contributed by atoms with Crippen molar-refractivity contribution in [2.45, 2.75) is 26.2 Å². The van der Waals surface area contributed by atoms with Crippen molar-refractivity contribution in [3.05, 3.63) is 12.7 Å². The van der Waals surface area contributed by atoms with Crippen LogP contribution in [0.1, 0.15) is 26.2 Å². The van der Waals surface area contributed by atoms with Crippen molar-refractivity contribution in [3.8, 4) is 12.3 Å². The summed E-state index contributed by atoms with van der Waals surface area (Å²) in [6, 6.07) is 0. The van der Waals surface area contributed by atoms with Crippen LogP contribution in [0.15, 0.2) is 12.7 Å². The topological polar surface area (TPSA) is 17.1 Å². The van der Waals surface area contributed by atoms with E-state index in [1.807, 2.05) is 6.92 Å². The van der Waals surface area contributed by atoms with Gasteiger partial charge in [-0.05, 0) is 12.8 Å². The third-order valence-electron chi connectivity index (χ3n) is 1.96. The largest absolute Gasteiger partial charge is 0.303 e. The minimum absolute atomic E-state index is 0.351. The first kappa shape index (κ1) is 9.97. The van der Waals surface area contributed by atoms with Crippen molar-refractivity contribution in [1.29, 1.82) is 0 Å². The summed E-state index contributed by atoms with van der Waals surface area (Å²) in [5.41, 5.74) is -0.351. The van der Waals surface area contributed by atoms with Gasteiger partial charge in [0.05, 0.1) is 0 Å². The molecule has 11 heavy (non-hydrogen) atoms. The number of rotatable bonds is 5. The summed E-state index contributed by atoms with van der Waals surface area (Å²) in [4.78, 5) is 10.7. The van der Waals surface area contributed by atoms with Gasteiger partial charge < -0.3 is 4.79 Å². The highest BCUT2D eigenvalue weighted by molar-refractivity contribution is 5.60. The van der Waals surface area contributed by atoms with Gasteiger partial charge >= 0.3 is 0 Å². The van der Waals surface area contributed by atoms with E-state index in [2.05, 4.69) is 12.5 Å². The molecule has 0 aliphatic rings. The minimum atomic E-state index is -0.351. The Balaban J connectivity index is 4.33. The maximum atomic E-state index is 10.7. The van der Waals surface area contributed by atoms with Gasteiger partial charge in [0.2, 0.25) is 0 Å². The van der Waals surface area contributed by atoms with Gasteiger partial charge in [0.25, 0.3) is 0 Å². The number of allylic oxidation sites excluding steroid dienone is 1. The molecule has 1 atom stereocenters. The first-order valence-corrected chi connectivity index (χ1v) is 3.75. The van der Waals surface area contributed by atoms with E-state index in [-0.39, 0.29) is 5.41 Å². The van der Waals surface area contributed by atoms with Crippen LogP contribution in [0.4, 0.5) is 0 Å². The number of hydrogen-bond donors (Lipinski definition) is 0. The van der Waals surface area contributed by atoms with E-state index in [1.165, 1.54) is 0 Å². The van der Waals surface area contributed by atoms with Gasteiger partial charge in [-0.3, -0.25) is 0 Å². The summed E-state index contributed by atoms with van der Waals surface area (Å²) < 4.78 is 0. The number of aldehydes is 1. The van der Waals surface area contributed by atoms with E-state index in [1.54, 1.807) is 6.08 Å². The van der Waals surface area contributed by atoms with Crippen LogP contribution in [0.3, 0.4) is 0 Å². The van der Waals surface area contributed by atoms with Gasteiger partial charge in [-0.15, -0.1) is 18.9 Å². The molecule has 0 spiro atoms. The SMILES string of the molecule is C#CCC(C=O)(CC)CC=C. The molecule has 0 N–H and O–H groups in total. The Morgan fingerprint density at radius 3 is 2.64 bits per heavy atom. The van der Waals surface area contributed by atoms with Crippen LogP contribution in [-0.2, 0) is 4.79 Å². The molecule has 0 rings (SSSR count). The average molecular weight is 150 g/mol. The van der Waals surface area contributed by atoms with Crippen LogP contribution in [0.25, 0.3) is 0 Å². The zero-order valence-electron chi connectivity index (χ0n) is 6.97. The van der Waals surface area contributed by atoms with E-state index in [0.717, 1.165) is 12.7 Å². The Morgan fingerprint density at radius 2 is 2.36 bits per heavy atom. The Kier molecular flexibility index (Phi) is 4.29. The molecule has 1 unspecified atom stereocenters. The van der Waals surface area contributed by atoms with Crippen LogP contribution in [-0.4, -0.2) is 6.29 Å². The average Bonchev–Trinajstić information content (AvgIpc) is 2.04. The minimum Gasteiger partial charge on any atom is -0.303 e. The second-order valence-electron chi connectivity index (χ2n) is 2.71. The van der Waals surface area contributed by atoms with Crippen molar-refractivity contribution >= 4 is 6.29 Å². The number of hydrogen-bond acceptors (Lipinski definition) is 1. The lowest BCUT2D eigenvalue weighted by Gasteiger charge is -2.21. The molecule has 0 aromatic heterocycles. The molecule has 0 fully saturated rings. The molecule has 0 aromatic rings.